The lowest BCUT2D eigenvalue weighted by Crippen LogP contribution is -2.06. The van der Waals surface area contributed by atoms with Crippen LogP contribution < -0.4 is 0 Å². The molecule has 0 aromatic heterocycles. The highest BCUT2D eigenvalue weighted by atomic mass is 35.7. The Bertz CT molecular complexity index is 29.8. The molecule has 0 saturated carbocycles. The van der Waals surface area contributed by atoms with Crippen molar-refractivity contribution in [2.45, 2.75) is 11.9 Å². The first-order valence-electron chi connectivity index (χ1n) is 1.46. The van der Waals surface area contributed by atoms with Crippen LogP contribution in [0.25, 0.3) is 0 Å². The van der Waals surface area contributed by atoms with Gasteiger partial charge in [0.2, 0.25) is 0 Å². The topological polar surface area (TPSA) is 0 Å². The Labute approximate surface area is 53.4 Å². The third kappa shape index (κ3) is 3.28. The van der Waals surface area contributed by atoms with Gasteiger partial charge in [-0.25, -0.2) is 0 Å². The zero-order valence-corrected chi connectivity index (χ0v) is 6.48. The summed E-state index contributed by atoms with van der Waals surface area (Å²) in [5.74, 6) is 0. The summed E-state index contributed by atoms with van der Waals surface area (Å²) in [5, 5.41) is -0.0432. The molecule has 0 spiro atoms. The highest BCUT2D eigenvalue weighted by Crippen LogP contribution is 2.06. The van der Waals surface area contributed by atoms with E-state index in [9.17, 15) is 0 Å². The molecule has 1 radical (unpaired) electrons. The van der Waals surface area contributed by atoms with Crippen LogP contribution in [0.1, 0.15) is 6.92 Å². The van der Waals surface area contributed by atoms with Crippen molar-refractivity contribution >= 4 is 41.2 Å². The number of rotatable bonds is 1. The number of hydrogen-bond acceptors (Lipinski definition) is 0. The fourth-order valence-corrected chi connectivity index (χ4v) is 0. The third-order valence-corrected chi connectivity index (χ3v) is 4.19. The quantitative estimate of drug-likeness (QED) is 0.315. The minimum atomic E-state index is -1.24. The predicted molar refractivity (Wildman–Crippen MR) is 32.8 cm³/mol. The van der Waals surface area contributed by atoms with E-state index in [0.717, 1.165) is 0 Å². The molecule has 1 atom stereocenters. The van der Waals surface area contributed by atoms with Gasteiger partial charge in [0.05, 0.1) is 5.00 Å². The summed E-state index contributed by atoms with van der Waals surface area (Å²) < 4.78 is 0. The highest BCUT2D eigenvalue weighted by molar-refractivity contribution is 7.35. The van der Waals surface area contributed by atoms with Gasteiger partial charge in [0.1, 0.15) is 0 Å². The van der Waals surface area contributed by atoms with Crippen LogP contribution in [0.3, 0.4) is 0 Å². The van der Waals surface area contributed by atoms with E-state index in [1.165, 1.54) is 0 Å². The first kappa shape index (κ1) is 7.09. The van der Waals surface area contributed by atoms with Crippen molar-refractivity contribution in [1.82, 2.24) is 0 Å². The molecule has 0 aromatic carbocycles. The highest BCUT2D eigenvalue weighted by Gasteiger charge is 2.09. The van der Waals surface area contributed by atoms with Gasteiger partial charge in [-0.2, -0.15) is 0 Å². The smallest absolute Gasteiger partial charge is 0.145 e. The van der Waals surface area contributed by atoms with Crippen LogP contribution in [0.4, 0.5) is 0 Å². The van der Waals surface area contributed by atoms with Gasteiger partial charge >= 0.3 is 0 Å². The summed E-state index contributed by atoms with van der Waals surface area (Å²) in [7, 11) is -1.24. The standard InChI is InChI=1S/C2H4Cl3Si/c1-2(3)6(4)5/h2H,1H3. The predicted octanol–water partition coefficient (Wildman–Crippen LogP) is 2.12. The van der Waals surface area contributed by atoms with Crippen molar-refractivity contribution in [2.75, 3.05) is 0 Å². The maximum Gasteiger partial charge on any atom is 0.291 e. The van der Waals surface area contributed by atoms with Crippen LogP contribution in [0.2, 0.25) is 0 Å². The minimum Gasteiger partial charge on any atom is -0.145 e. The van der Waals surface area contributed by atoms with Gasteiger partial charge in [0.15, 0.2) is 0 Å². The molecule has 0 N–H and O–H groups in total. The van der Waals surface area contributed by atoms with E-state index in [4.69, 9.17) is 33.8 Å². The molecular weight excluding hydrogens is 158 g/mol. The van der Waals surface area contributed by atoms with E-state index in [-0.39, 0.29) is 5.00 Å². The van der Waals surface area contributed by atoms with Crippen LogP contribution in [0.15, 0.2) is 0 Å². The summed E-state index contributed by atoms with van der Waals surface area (Å²) in [4.78, 5) is 0. The molecule has 4 heteroatoms. The van der Waals surface area contributed by atoms with Crippen molar-refractivity contribution in [1.29, 1.82) is 0 Å². The van der Waals surface area contributed by atoms with E-state index >= 15 is 0 Å². The Hall–Kier alpha value is 1.09. The van der Waals surface area contributed by atoms with Crippen molar-refractivity contribution in [3.63, 3.8) is 0 Å². The Morgan fingerprint density at radius 1 is 1.50 bits per heavy atom. The molecule has 0 aliphatic heterocycles. The van der Waals surface area contributed by atoms with E-state index in [1.807, 2.05) is 0 Å². The lowest BCUT2D eigenvalue weighted by atomic mass is 11.0. The molecule has 37 valence electrons. The molecule has 0 amide bonds. The number of hydrogen-bond donors (Lipinski definition) is 0. The van der Waals surface area contributed by atoms with E-state index in [2.05, 4.69) is 0 Å². The van der Waals surface area contributed by atoms with Gasteiger partial charge in [-0.1, -0.05) is 0 Å². The Morgan fingerprint density at radius 3 is 1.67 bits per heavy atom. The number of alkyl halides is 1. The van der Waals surface area contributed by atoms with Crippen LogP contribution >= 0.6 is 33.8 Å². The summed E-state index contributed by atoms with van der Waals surface area (Å²) in [6, 6.07) is 0. The molecule has 6 heavy (non-hydrogen) atoms. The van der Waals surface area contributed by atoms with Crippen molar-refractivity contribution in [3.05, 3.63) is 0 Å². The molecule has 0 fully saturated rings. The maximum atomic E-state index is 5.39. The maximum absolute atomic E-state index is 5.39. The third-order valence-electron chi connectivity index (χ3n) is 0.301. The van der Waals surface area contributed by atoms with Crippen molar-refractivity contribution in [2.24, 2.45) is 0 Å². The second kappa shape index (κ2) is 3.14. The van der Waals surface area contributed by atoms with Gasteiger partial charge in [-0.15, -0.1) is 33.8 Å². The summed E-state index contributed by atoms with van der Waals surface area (Å²) in [5.41, 5.74) is 0. The van der Waals surface area contributed by atoms with Crippen LogP contribution in [-0.2, 0) is 0 Å². The molecule has 0 rings (SSSR count). The monoisotopic (exact) mass is 161 g/mol. The molecule has 0 bridgehead atoms. The molecule has 0 heterocycles. The summed E-state index contributed by atoms with van der Waals surface area (Å²) in [6.45, 7) is 1.79. The normalized spacial score (nSPS) is 15.5. The lowest BCUT2D eigenvalue weighted by molar-refractivity contribution is 1.37. The van der Waals surface area contributed by atoms with E-state index in [1.54, 1.807) is 6.92 Å². The average molecular weight is 162 g/mol. The minimum absolute atomic E-state index is 0.0432. The molecule has 0 nitrogen and oxygen atoms in total. The molecule has 0 aromatic rings. The zero-order valence-electron chi connectivity index (χ0n) is 3.21. The second-order valence-electron chi connectivity index (χ2n) is 0.906. The largest absolute Gasteiger partial charge is 0.291 e. The SMILES string of the molecule is CC(Cl)[Si](Cl)Cl. The molecule has 0 aliphatic carbocycles. The fraction of sp³-hybridized carbons (Fsp3) is 1.00. The zero-order chi connectivity index (χ0) is 5.15. The second-order valence-corrected chi connectivity index (χ2v) is 6.40. The Morgan fingerprint density at radius 2 is 1.67 bits per heavy atom. The van der Waals surface area contributed by atoms with Gasteiger partial charge in [-0.05, 0) is 6.92 Å². The van der Waals surface area contributed by atoms with Gasteiger partial charge in [-0.3, -0.25) is 0 Å². The van der Waals surface area contributed by atoms with Crippen LogP contribution in [0, 0.1) is 0 Å². The van der Waals surface area contributed by atoms with Crippen LogP contribution in [0.5, 0.6) is 0 Å². The lowest BCUT2D eigenvalue weighted by Gasteiger charge is -1.93. The van der Waals surface area contributed by atoms with Crippen molar-refractivity contribution in [3.8, 4) is 0 Å². The average Bonchev–Trinajstić information content (AvgIpc) is 1.36. The Kier molecular flexibility index (Phi) is 3.70. The van der Waals surface area contributed by atoms with Gasteiger partial charge < -0.3 is 0 Å². The molecule has 1 unspecified atom stereocenters. The molecule has 0 saturated heterocycles. The Balaban J connectivity index is 2.99. The van der Waals surface area contributed by atoms with Gasteiger partial charge in [0.25, 0.3) is 7.42 Å². The summed E-state index contributed by atoms with van der Waals surface area (Å²) in [6.07, 6.45) is 0. The fourth-order valence-electron chi connectivity index (χ4n) is 0. The van der Waals surface area contributed by atoms with E-state index < -0.39 is 7.42 Å². The summed E-state index contributed by atoms with van der Waals surface area (Å²) >= 11 is 16.1. The first-order chi connectivity index (χ1) is 2.64. The molecular formula is C2H4Cl3Si. The first-order valence-corrected chi connectivity index (χ1v) is 5.50. The van der Waals surface area contributed by atoms with Gasteiger partial charge in [0, 0.05) is 0 Å². The van der Waals surface area contributed by atoms with Crippen LogP contribution in [-0.4, -0.2) is 12.4 Å². The number of halogens is 3. The van der Waals surface area contributed by atoms with E-state index in [0.29, 0.717) is 0 Å². The van der Waals surface area contributed by atoms with Crippen molar-refractivity contribution < 1.29 is 0 Å². The molecule has 0 aliphatic rings.